The first-order valence-electron chi connectivity index (χ1n) is 46.9. The van der Waals surface area contributed by atoms with Gasteiger partial charge in [0.25, 0.3) is 0 Å². The normalized spacial score (nSPS) is 21.9. The minimum Gasteiger partial charge on any atom is -0.508 e. The van der Waals surface area contributed by atoms with Crippen LogP contribution >= 0.6 is 0 Å². The molecule has 41 nitrogen and oxygen atoms in total. The summed E-state index contributed by atoms with van der Waals surface area (Å²) < 4.78 is 0. The van der Waals surface area contributed by atoms with Crippen LogP contribution in [0.5, 0.6) is 5.75 Å². The number of aliphatic hydroxyl groups excluding tert-OH is 1. The Hall–Kier alpha value is -13.5. The molecule has 41 heteroatoms. The number of Topliss-reactive ketones (excluding diaryl/α,β-unsaturated/α-hetero) is 2. The van der Waals surface area contributed by atoms with Gasteiger partial charge in [-0.15, -0.1) is 0 Å². The molecule has 1 aromatic heterocycles. The smallest absolute Gasteiger partial charge is 0.303 e. The van der Waals surface area contributed by atoms with Crippen molar-refractivity contribution in [2.45, 2.75) is 328 Å². The number of rotatable bonds is 38. The average molecular weight is 1930 g/mol. The van der Waals surface area contributed by atoms with Crippen LogP contribution in [0.4, 0.5) is 0 Å². The molecule has 0 fully saturated rings. The number of hydrogen-bond donors (Lipinski definition) is 21. The number of carboxylic acids is 1. The molecule has 5 rings (SSSR count). The van der Waals surface area contributed by atoms with E-state index in [-0.39, 0.29) is 75.4 Å². The fourth-order valence-electron chi connectivity index (χ4n) is 15.4. The van der Waals surface area contributed by atoms with Crippen LogP contribution < -0.4 is 91.2 Å². The van der Waals surface area contributed by atoms with Crippen molar-refractivity contribution in [3.63, 3.8) is 0 Å². The fraction of sp³-hybridized carbons (Fsp3) is 0.567. The fourth-order valence-corrected chi connectivity index (χ4v) is 15.4. The predicted molar refractivity (Wildman–Crippen MR) is 510 cm³/mol. The van der Waals surface area contributed by atoms with Crippen LogP contribution in [0.15, 0.2) is 97.2 Å². The molecule has 0 radical (unpaired) electrons. The van der Waals surface area contributed by atoms with Crippen LogP contribution in [0.25, 0.3) is 10.9 Å². The number of carboxylic acid groups (broad SMARTS) is 1. The zero-order chi connectivity index (χ0) is 103. The first-order chi connectivity index (χ1) is 64.8. The number of aliphatic carboxylic acids is 1. The molecule has 138 heavy (non-hydrogen) atoms. The molecule has 18 atom stereocenters. The van der Waals surface area contributed by atoms with E-state index in [1.54, 1.807) is 88.5 Å². The number of carbonyl (C=O) groups excluding carboxylic acids is 19. The maximum atomic E-state index is 15.6. The molecule has 0 saturated carbocycles. The Bertz CT molecular complexity index is 4960. The Kier molecular flexibility index (Phi) is 46.4. The second-order valence-corrected chi connectivity index (χ2v) is 37.2. The first-order valence-corrected chi connectivity index (χ1v) is 46.9. The Balaban J connectivity index is 1.58. The Morgan fingerprint density at radius 3 is 1.61 bits per heavy atom. The maximum Gasteiger partial charge on any atom is 0.303 e. The van der Waals surface area contributed by atoms with Crippen LogP contribution in [0.3, 0.4) is 0 Å². The number of primary amides is 2. The number of carbonyl (C=O) groups is 20. The summed E-state index contributed by atoms with van der Waals surface area (Å²) in [5.74, 6) is -20.7. The Morgan fingerprint density at radius 2 is 1.04 bits per heavy atom. The molecular weight excluding hydrogens is 1790 g/mol. The van der Waals surface area contributed by atoms with Gasteiger partial charge in [0.2, 0.25) is 100 Å². The number of para-hydroxylation sites is 1. The highest BCUT2D eigenvalue weighted by Gasteiger charge is 2.44. The highest BCUT2D eigenvalue weighted by molar-refractivity contribution is 6.03. The lowest BCUT2D eigenvalue weighted by molar-refractivity contribution is -0.140. The third kappa shape index (κ3) is 38.6. The molecule has 0 spiro atoms. The molecule has 0 aliphatic carbocycles. The minimum absolute atomic E-state index is 0.00650. The molecule has 1 aliphatic heterocycles. The van der Waals surface area contributed by atoms with Gasteiger partial charge in [-0.05, 0) is 173 Å². The summed E-state index contributed by atoms with van der Waals surface area (Å²) in [6.45, 7) is 21.6. The number of amides is 17. The van der Waals surface area contributed by atoms with E-state index < -0.39 is 264 Å². The quantitative estimate of drug-likeness (QED) is 0.0282. The number of H-pyrrole nitrogens is 1. The van der Waals surface area contributed by atoms with Crippen molar-refractivity contribution in [2.75, 3.05) is 0 Å². The third-order valence-electron chi connectivity index (χ3n) is 23.7. The van der Waals surface area contributed by atoms with Crippen LogP contribution in [-0.4, -0.2) is 234 Å². The number of phenolic OH excluding ortho intramolecular Hbond substituents is 1. The molecule has 17 amide bonds. The highest BCUT2D eigenvalue weighted by Crippen LogP contribution is 2.26. The summed E-state index contributed by atoms with van der Waals surface area (Å²) in [7, 11) is 0. The van der Waals surface area contributed by atoms with E-state index in [0.29, 0.717) is 59.7 Å². The topological polar surface area (TPSA) is 650 Å². The number of nitrogens with two attached hydrogens (primary N) is 2. The van der Waals surface area contributed by atoms with E-state index in [2.05, 4.69) is 84.7 Å². The number of aromatic nitrogens is 1. The highest BCUT2D eigenvalue weighted by atomic mass is 16.4. The van der Waals surface area contributed by atoms with Crippen molar-refractivity contribution in [3.8, 4) is 5.75 Å². The van der Waals surface area contributed by atoms with E-state index in [1.807, 2.05) is 12.2 Å². The predicted octanol–water partition coefficient (Wildman–Crippen LogP) is 1.43. The van der Waals surface area contributed by atoms with Crippen LogP contribution in [0, 0.1) is 23.7 Å². The van der Waals surface area contributed by atoms with Gasteiger partial charge in [-0.3, -0.25) is 95.9 Å². The number of ketones is 2. The number of hydrogen-bond acceptors (Lipinski definition) is 22. The van der Waals surface area contributed by atoms with Gasteiger partial charge in [0, 0.05) is 80.8 Å². The van der Waals surface area contributed by atoms with Crippen LogP contribution in [0.2, 0.25) is 0 Å². The van der Waals surface area contributed by atoms with E-state index in [1.165, 1.54) is 100 Å². The van der Waals surface area contributed by atoms with Gasteiger partial charge in [0.15, 0.2) is 11.6 Å². The average Bonchev–Trinajstić information content (AvgIpc) is 1.57. The summed E-state index contributed by atoms with van der Waals surface area (Å²) in [6, 6.07) is 1.53. The zero-order valence-electron chi connectivity index (χ0n) is 81.4. The first kappa shape index (κ1) is 115. The van der Waals surface area contributed by atoms with E-state index >= 15 is 28.8 Å². The summed E-state index contributed by atoms with van der Waals surface area (Å²) in [4.78, 5) is 283. The summed E-state index contributed by atoms with van der Waals surface area (Å²) >= 11 is 0. The van der Waals surface area contributed by atoms with Crippen LogP contribution in [0.1, 0.15) is 230 Å². The molecule has 3 aromatic carbocycles. The van der Waals surface area contributed by atoms with E-state index in [4.69, 9.17) is 11.5 Å². The SMILES string of the molecule is CC(=O)N[C@@H](CC(C)C)C(=O)N[C@H](C(=O)N[C@@H](Cc1ccccc1)C(=O)N[C@]1(C)CCCCCC/C=C/CCC[C@@](C)(C(=O)N[C@@H](C)C(=O)N[C@@H](C)C(=O)N[C@@H](C)C(=O)NC(C)C(=O)N[C@H](C)C(=O)C[C@H](C)C(N)=O)NC(=O)[C@H](CC(C)C)CC(=O)[C@H](CCC(N)=O)NC(=O)[C@H](C)NC(=O)[C@H](Cc2c[nH]c3ccccc23)NC(=O)[C@H](Cc2ccc(O)cc2)NC(=O)[C@H](CCC(=O)O)NC1=O)[C@@H](C)O. The van der Waals surface area contributed by atoms with Crippen molar-refractivity contribution in [1.82, 2.24) is 84.7 Å². The second-order valence-electron chi connectivity index (χ2n) is 37.2. The number of aromatic hydroxyl groups is 1. The van der Waals surface area contributed by atoms with Gasteiger partial charge >= 0.3 is 5.97 Å². The van der Waals surface area contributed by atoms with Gasteiger partial charge in [0.05, 0.1) is 18.2 Å². The van der Waals surface area contributed by atoms with Crippen LogP contribution in [-0.2, 0) is 115 Å². The van der Waals surface area contributed by atoms with E-state index in [0.717, 1.165) is 0 Å². The van der Waals surface area contributed by atoms with Gasteiger partial charge in [0.1, 0.15) is 83.3 Å². The standard InChI is InChI=1S/C97H142N18O23/c1-52(2)44-65-50-77(120)70(38-40-78(98)121)108-86(129)59(10)105-89(132)75(49-66-51-100-69-33-27-26-32-68(66)69)110-90(133)73(48-64-34-36-67(118)37-35-64)109-88(131)71(39-41-79(122)123)112-95(138)97(15,115-92(135)74(47-63-30-24-23-25-31-63)111-93(136)80(61(12)116)113-91(134)72(45-53(3)4)107-62(13)117)43-29-22-20-18-16-17-19-21-28-42-96(14,114-87(65)130)94(137)106-60(11)85(128)104-58(9)84(127)103-57(8)83(126)102-56(7)82(125)101-55(6)76(119)46-54(5)81(99)124/h17,19,23-27,30-37,51-61,65,70-75,80,100,116,118H,16,18,20-22,28-29,38-50H2,1-15H3,(H2,98,121)(H2,99,124)(H,101,125)(H,102,126)(H,103,127)(H,104,128)(H,105,132)(H,106,137)(H,107,117)(H,108,129)(H,109,131)(H,110,133)(H,111,136)(H,112,138)(H,113,134)(H,114,130)(H,115,135)(H,122,123)/b19-17+/t54-,55+,56?,57-,58-,59-,60-,61+,65+,70-,71-,72-,73-,74-,75-,80-,96-,97+/m0/s1. The van der Waals surface area contributed by atoms with Gasteiger partial charge < -0.3 is 112 Å². The molecule has 0 bridgehead atoms. The van der Waals surface area contributed by atoms with Crippen molar-refractivity contribution in [1.29, 1.82) is 0 Å². The maximum absolute atomic E-state index is 15.6. The number of aliphatic hydroxyl groups is 1. The number of phenols is 1. The van der Waals surface area contributed by atoms with Crippen molar-refractivity contribution in [3.05, 3.63) is 114 Å². The Labute approximate surface area is 803 Å². The number of aromatic amines is 1. The van der Waals surface area contributed by atoms with Gasteiger partial charge in [-0.25, -0.2) is 0 Å². The monoisotopic (exact) mass is 1930 g/mol. The second kappa shape index (κ2) is 55.6. The minimum atomic E-state index is -2.08. The number of nitrogens with one attached hydrogen (secondary N) is 16. The lowest BCUT2D eigenvalue weighted by Gasteiger charge is -2.34. The van der Waals surface area contributed by atoms with Crippen molar-refractivity contribution < 1.29 is 111 Å². The Morgan fingerprint density at radius 1 is 0.507 bits per heavy atom. The lowest BCUT2D eigenvalue weighted by Crippen LogP contribution is -2.65. The molecule has 23 N–H and O–H groups in total. The molecule has 4 aromatic rings. The summed E-state index contributed by atoms with van der Waals surface area (Å²) in [6.07, 6.45) is 1.95. The number of benzene rings is 3. The number of fused-ring (bicyclic) bond motifs is 1. The lowest BCUT2D eigenvalue weighted by atomic mass is 9.86. The van der Waals surface area contributed by atoms with Gasteiger partial charge in [-0.2, -0.15) is 0 Å². The van der Waals surface area contributed by atoms with E-state index in [9.17, 15) is 82.4 Å². The molecule has 0 saturated heterocycles. The third-order valence-corrected chi connectivity index (χ3v) is 23.7. The summed E-state index contributed by atoms with van der Waals surface area (Å²) in [5, 5.41) is 71.4. The summed E-state index contributed by atoms with van der Waals surface area (Å²) in [5.41, 5.74) is 8.83. The molecular formula is C97H142N18O23. The molecule has 1 unspecified atom stereocenters. The largest absolute Gasteiger partial charge is 0.508 e. The molecule has 2 heterocycles. The van der Waals surface area contributed by atoms with Crippen molar-refractivity contribution in [2.24, 2.45) is 35.1 Å². The molecule has 758 valence electrons. The zero-order valence-corrected chi connectivity index (χ0v) is 81.4. The van der Waals surface area contributed by atoms with Gasteiger partial charge in [-0.1, -0.05) is 127 Å². The van der Waals surface area contributed by atoms with Crippen molar-refractivity contribution >= 4 is 129 Å². The molecule has 1 aliphatic rings. The number of allylic oxidation sites excluding steroid dienone is 2.